The number of benzene rings is 1. The Morgan fingerprint density at radius 3 is 2.76 bits per heavy atom. The first kappa shape index (κ1) is 20.0. The van der Waals surface area contributed by atoms with E-state index in [0.717, 1.165) is 48.5 Å². The van der Waals surface area contributed by atoms with Crippen LogP contribution in [0, 0.1) is 12.8 Å². The third kappa shape index (κ3) is 4.66. The molecule has 158 valence electrons. The van der Waals surface area contributed by atoms with E-state index in [1.54, 1.807) is 0 Å². The summed E-state index contributed by atoms with van der Waals surface area (Å²) in [5, 5.41) is 6.94. The van der Waals surface area contributed by atoms with Crippen molar-refractivity contribution in [2.24, 2.45) is 5.92 Å². The number of ether oxygens (including phenoxy) is 1. The lowest BCUT2D eigenvalue weighted by Crippen LogP contribution is -2.46. The van der Waals surface area contributed by atoms with Gasteiger partial charge in [-0.3, -0.25) is 4.90 Å². The number of piperidine rings is 1. The van der Waals surface area contributed by atoms with Gasteiger partial charge in [-0.1, -0.05) is 12.1 Å². The van der Waals surface area contributed by atoms with E-state index in [4.69, 9.17) is 4.74 Å². The largest absolute Gasteiger partial charge is 0.492 e. The Hall–Kier alpha value is -2.29. The Labute approximate surface area is 168 Å². The molecule has 2 aliphatic heterocycles. The molecule has 0 spiro atoms. The smallest absolute Gasteiger partial charge is 0.411 e. The second-order valence-electron chi connectivity index (χ2n) is 7.92. The third-order valence-electron chi connectivity index (χ3n) is 5.90. The first-order chi connectivity index (χ1) is 13.9. The van der Waals surface area contributed by atoms with Crippen molar-refractivity contribution < 1.29 is 17.9 Å². The Balaban J connectivity index is 1.27. The van der Waals surface area contributed by atoms with Gasteiger partial charge in [0, 0.05) is 12.6 Å². The van der Waals surface area contributed by atoms with Gasteiger partial charge in [-0.15, -0.1) is 0 Å². The van der Waals surface area contributed by atoms with E-state index in [-0.39, 0.29) is 24.3 Å². The summed E-state index contributed by atoms with van der Waals surface area (Å²) in [4.78, 5) is 6.29. The molecule has 0 saturated carbocycles. The lowest BCUT2D eigenvalue weighted by Gasteiger charge is -2.40. The van der Waals surface area contributed by atoms with E-state index in [0.29, 0.717) is 6.61 Å². The summed E-state index contributed by atoms with van der Waals surface area (Å²) in [5.41, 5.74) is 1.16. The van der Waals surface area contributed by atoms with Crippen molar-refractivity contribution in [2.75, 3.05) is 31.6 Å². The number of rotatable bonds is 5. The van der Waals surface area contributed by atoms with Gasteiger partial charge in [0.25, 0.3) is 0 Å². The van der Waals surface area contributed by atoms with Crippen molar-refractivity contribution in [1.29, 1.82) is 0 Å². The van der Waals surface area contributed by atoms with E-state index in [9.17, 15) is 13.2 Å². The van der Waals surface area contributed by atoms with E-state index in [2.05, 4.69) is 20.3 Å². The van der Waals surface area contributed by atoms with Gasteiger partial charge in [-0.2, -0.15) is 23.3 Å². The first-order valence-corrected chi connectivity index (χ1v) is 10.0. The fourth-order valence-electron chi connectivity index (χ4n) is 4.31. The van der Waals surface area contributed by atoms with Crippen molar-refractivity contribution in [1.82, 2.24) is 19.7 Å². The molecule has 9 heteroatoms. The Kier molecular flexibility index (Phi) is 5.67. The zero-order chi connectivity index (χ0) is 20.4. The van der Waals surface area contributed by atoms with Gasteiger partial charge in [0.2, 0.25) is 5.95 Å². The number of likely N-dealkylation sites (tertiary alicyclic amines) is 1. The van der Waals surface area contributed by atoms with E-state index in [1.807, 2.05) is 31.2 Å². The zero-order valence-electron chi connectivity index (χ0n) is 16.4. The van der Waals surface area contributed by atoms with Gasteiger partial charge in [0.1, 0.15) is 18.7 Å². The van der Waals surface area contributed by atoms with Gasteiger partial charge in [-0.25, -0.2) is 4.68 Å². The van der Waals surface area contributed by atoms with Crippen LogP contribution >= 0.6 is 0 Å². The van der Waals surface area contributed by atoms with Gasteiger partial charge < -0.3 is 10.1 Å². The molecule has 1 saturated heterocycles. The summed E-state index contributed by atoms with van der Waals surface area (Å²) in [6, 6.07) is 6.13. The molecular weight excluding hydrogens is 383 g/mol. The predicted molar refractivity (Wildman–Crippen MR) is 103 cm³/mol. The average Bonchev–Trinajstić information content (AvgIpc) is 3.15. The quantitative estimate of drug-likeness (QED) is 0.817. The molecule has 0 unspecified atom stereocenters. The number of halogens is 3. The maximum Gasteiger partial charge on any atom is 0.411 e. The molecule has 0 radical (unpaired) electrons. The normalized spacial score (nSPS) is 23.4. The van der Waals surface area contributed by atoms with Crippen molar-refractivity contribution in [3.63, 3.8) is 0 Å². The molecule has 4 rings (SSSR count). The highest BCUT2D eigenvalue weighted by molar-refractivity contribution is 5.30. The number of aromatic nitrogens is 3. The van der Waals surface area contributed by atoms with E-state index < -0.39 is 12.2 Å². The van der Waals surface area contributed by atoms with Crippen LogP contribution in [0.2, 0.25) is 0 Å². The predicted octanol–water partition coefficient (Wildman–Crippen LogP) is 3.67. The monoisotopic (exact) mass is 409 g/mol. The van der Waals surface area contributed by atoms with E-state index >= 15 is 0 Å². The van der Waals surface area contributed by atoms with Gasteiger partial charge >= 0.3 is 6.18 Å². The summed E-state index contributed by atoms with van der Waals surface area (Å²) >= 11 is 0. The maximum atomic E-state index is 13.5. The van der Waals surface area contributed by atoms with Crippen LogP contribution in [0.1, 0.15) is 30.9 Å². The molecule has 3 heterocycles. The SMILES string of the molecule is Cc1cccc(OCCN2CCC([C@@H]3C[C@H](C(F)(F)F)n4ncnc4N3)CC2)c1. The summed E-state index contributed by atoms with van der Waals surface area (Å²) in [5.74, 6) is 1.28. The molecule has 1 aromatic heterocycles. The molecule has 0 amide bonds. The Morgan fingerprint density at radius 2 is 2.03 bits per heavy atom. The van der Waals surface area contributed by atoms with Crippen molar-refractivity contribution in [2.45, 2.75) is 44.4 Å². The molecule has 1 aromatic carbocycles. The van der Waals surface area contributed by atoms with Crippen LogP contribution in [0.3, 0.4) is 0 Å². The number of aryl methyl sites for hydroxylation is 1. The third-order valence-corrected chi connectivity index (χ3v) is 5.90. The summed E-state index contributed by atoms with van der Waals surface area (Å²) in [6.45, 7) is 5.18. The summed E-state index contributed by atoms with van der Waals surface area (Å²) in [7, 11) is 0. The van der Waals surface area contributed by atoms with Gasteiger partial charge in [-0.05, 0) is 62.9 Å². The molecule has 2 aliphatic rings. The molecular formula is C20H26F3N5O. The van der Waals surface area contributed by atoms with Crippen molar-refractivity contribution in [3.05, 3.63) is 36.2 Å². The number of alkyl halides is 3. The Morgan fingerprint density at radius 1 is 1.24 bits per heavy atom. The van der Waals surface area contributed by atoms with Crippen LogP contribution in [-0.2, 0) is 0 Å². The van der Waals surface area contributed by atoms with E-state index in [1.165, 1.54) is 6.33 Å². The van der Waals surface area contributed by atoms with Crippen LogP contribution < -0.4 is 10.1 Å². The average molecular weight is 409 g/mol. The maximum absolute atomic E-state index is 13.5. The molecule has 2 atom stereocenters. The highest BCUT2D eigenvalue weighted by Gasteiger charge is 2.47. The second kappa shape index (κ2) is 8.22. The summed E-state index contributed by atoms with van der Waals surface area (Å²) < 4.78 is 47.2. The summed E-state index contributed by atoms with van der Waals surface area (Å²) in [6.07, 6.45) is -1.42. The molecule has 2 aromatic rings. The minimum atomic E-state index is -4.32. The fourth-order valence-corrected chi connectivity index (χ4v) is 4.31. The molecule has 0 bridgehead atoms. The molecule has 0 aliphatic carbocycles. The van der Waals surface area contributed by atoms with Crippen LogP contribution in [0.4, 0.5) is 19.1 Å². The zero-order valence-corrected chi connectivity index (χ0v) is 16.4. The lowest BCUT2D eigenvalue weighted by molar-refractivity contribution is -0.174. The van der Waals surface area contributed by atoms with Crippen LogP contribution in [0.25, 0.3) is 0 Å². The highest BCUT2D eigenvalue weighted by atomic mass is 19.4. The van der Waals surface area contributed by atoms with Crippen molar-refractivity contribution in [3.8, 4) is 5.75 Å². The van der Waals surface area contributed by atoms with Crippen LogP contribution in [-0.4, -0.2) is 58.1 Å². The molecule has 29 heavy (non-hydrogen) atoms. The Bertz CT molecular complexity index is 816. The molecule has 1 N–H and O–H groups in total. The number of hydrogen-bond donors (Lipinski definition) is 1. The standard InChI is InChI=1S/C20H26F3N5O/c1-14-3-2-4-16(11-14)29-10-9-27-7-5-15(6-8-27)17-12-18(20(21,22)23)28-19(26-17)24-13-25-28/h2-4,11,13,15,17-18H,5-10,12H2,1H3,(H,24,25,26)/t17-,18+/m0/s1. The second-order valence-corrected chi connectivity index (χ2v) is 7.92. The fraction of sp³-hybridized carbons (Fsp3) is 0.600. The number of nitrogens with zero attached hydrogens (tertiary/aromatic N) is 4. The molecule has 6 nitrogen and oxygen atoms in total. The highest BCUT2D eigenvalue weighted by Crippen LogP contribution is 2.41. The minimum Gasteiger partial charge on any atom is -0.492 e. The first-order valence-electron chi connectivity index (χ1n) is 10.0. The number of nitrogens with one attached hydrogen (secondary N) is 1. The minimum absolute atomic E-state index is 0.000988. The molecule has 1 fully saturated rings. The van der Waals surface area contributed by atoms with Gasteiger partial charge in [0.15, 0.2) is 6.04 Å². The number of fused-ring (bicyclic) bond motifs is 1. The van der Waals surface area contributed by atoms with Gasteiger partial charge in [0.05, 0.1) is 0 Å². The van der Waals surface area contributed by atoms with Crippen molar-refractivity contribution >= 4 is 5.95 Å². The lowest BCUT2D eigenvalue weighted by atomic mass is 9.85. The number of anilines is 1. The van der Waals surface area contributed by atoms with Crippen LogP contribution in [0.5, 0.6) is 5.75 Å². The number of hydrogen-bond acceptors (Lipinski definition) is 5. The van der Waals surface area contributed by atoms with Crippen LogP contribution in [0.15, 0.2) is 30.6 Å². The topological polar surface area (TPSA) is 55.2 Å².